The topological polar surface area (TPSA) is 89.4 Å². The number of nitrogens with one attached hydrogen (secondary N) is 1. The summed E-state index contributed by atoms with van der Waals surface area (Å²) in [5.41, 5.74) is -2.91. The number of alkyl halides is 3. The van der Waals surface area contributed by atoms with Crippen molar-refractivity contribution in [1.82, 2.24) is 14.5 Å². The number of pyridine rings is 1. The molecule has 0 spiro atoms. The summed E-state index contributed by atoms with van der Waals surface area (Å²) in [6.45, 7) is 2.59. The van der Waals surface area contributed by atoms with Crippen LogP contribution in [-0.4, -0.2) is 57.8 Å². The Morgan fingerprint density at radius 1 is 1.39 bits per heavy atom. The van der Waals surface area contributed by atoms with E-state index in [1.807, 2.05) is 6.92 Å². The second-order valence-corrected chi connectivity index (χ2v) is 8.86. The van der Waals surface area contributed by atoms with E-state index in [2.05, 4.69) is 15.3 Å². The molecule has 2 aromatic heterocycles. The predicted octanol–water partition coefficient (Wildman–Crippen LogP) is 2.89. The van der Waals surface area contributed by atoms with E-state index in [1.54, 1.807) is 0 Å². The average molecular weight is 465 g/mol. The summed E-state index contributed by atoms with van der Waals surface area (Å²) in [5, 5.41) is 2.98. The van der Waals surface area contributed by atoms with Crippen LogP contribution in [0.4, 0.5) is 24.9 Å². The van der Waals surface area contributed by atoms with E-state index in [0.717, 1.165) is 29.2 Å². The molecule has 178 valence electrons. The molecule has 1 aliphatic heterocycles. The number of anilines is 2. The Balaban J connectivity index is 1.59. The molecular formula is C22H26F3N5O3. The Kier molecular flexibility index (Phi) is 6.17. The van der Waals surface area contributed by atoms with Crippen molar-refractivity contribution in [3.63, 3.8) is 0 Å². The van der Waals surface area contributed by atoms with Crippen LogP contribution in [-0.2, 0) is 11.3 Å². The highest BCUT2D eigenvalue weighted by Gasteiger charge is 2.60. The molecule has 0 amide bonds. The maximum absolute atomic E-state index is 14.1. The molecule has 33 heavy (non-hydrogen) atoms. The van der Waals surface area contributed by atoms with Gasteiger partial charge in [-0.2, -0.15) is 18.2 Å². The first kappa shape index (κ1) is 23.2. The molecule has 1 fully saturated rings. The molecule has 0 bridgehead atoms. The molecule has 0 radical (unpaired) electrons. The number of fused-ring (bicyclic) bond motifs is 1. The fraction of sp³-hybridized carbons (Fsp3) is 0.545. The number of ether oxygens (including phenoxy) is 1. The van der Waals surface area contributed by atoms with Gasteiger partial charge in [-0.1, -0.05) is 0 Å². The molecule has 0 aromatic carbocycles. The molecule has 2 aromatic rings. The van der Waals surface area contributed by atoms with Crippen molar-refractivity contribution in [2.24, 2.45) is 5.92 Å². The fourth-order valence-corrected chi connectivity index (χ4v) is 3.70. The highest BCUT2D eigenvalue weighted by atomic mass is 19.4. The van der Waals surface area contributed by atoms with Crippen LogP contribution < -0.4 is 15.8 Å². The molecule has 1 N–H and O–H groups in total. The van der Waals surface area contributed by atoms with Gasteiger partial charge in [-0.25, -0.2) is 0 Å². The van der Waals surface area contributed by atoms with E-state index < -0.39 is 36.1 Å². The second kappa shape index (κ2) is 8.77. The number of Topliss-reactive ketones (excluding diaryl/α,β-unsaturated/α-hetero) is 1. The van der Waals surface area contributed by atoms with E-state index in [9.17, 15) is 22.8 Å². The van der Waals surface area contributed by atoms with Crippen molar-refractivity contribution < 1.29 is 22.7 Å². The average Bonchev–Trinajstić information content (AvgIpc) is 3.55. The molecule has 0 unspecified atom stereocenters. The zero-order valence-electron chi connectivity index (χ0n) is 18.4. The van der Waals surface area contributed by atoms with Crippen LogP contribution in [0.15, 0.2) is 35.4 Å². The lowest BCUT2D eigenvalue weighted by atomic mass is 10.00. The Bertz CT molecular complexity index is 1070. The maximum atomic E-state index is 14.1. The first-order valence-electron chi connectivity index (χ1n) is 10.8. The minimum Gasteiger partial charge on any atom is -0.376 e. The number of halogens is 3. The van der Waals surface area contributed by atoms with Gasteiger partial charge in [0.05, 0.1) is 19.2 Å². The number of ketones is 1. The highest BCUT2D eigenvalue weighted by Crippen LogP contribution is 2.43. The van der Waals surface area contributed by atoms with Crippen LogP contribution in [0, 0.1) is 5.92 Å². The number of carbonyl (C=O) groups is 1. The number of rotatable bonds is 9. The lowest BCUT2D eigenvalue weighted by molar-refractivity contribution is -0.181. The number of aromatic nitrogens is 3. The van der Waals surface area contributed by atoms with Crippen LogP contribution >= 0.6 is 0 Å². The summed E-state index contributed by atoms with van der Waals surface area (Å²) in [7, 11) is 0. The molecule has 0 saturated heterocycles. The van der Waals surface area contributed by atoms with Gasteiger partial charge in [-0.05, 0) is 44.7 Å². The first-order chi connectivity index (χ1) is 15.6. The van der Waals surface area contributed by atoms with Gasteiger partial charge in [0, 0.05) is 37.2 Å². The summed E-state index contributed by atoms with van der Waals surface area (Å²) < 4.78 is 49.0. The standard InChI is InChI=1S/C22H26F3N5O3/c1-14(33-12-15-5-6-15)9-27-18-8-19(32)29-13-21(2,22(23,24)25)30(20(29)28-18)11-17(31)16-4-3-7-26-10-16/h3-4,7-8,10,14-15,27H,5-6,9,11-13H2,1-2H3/t14-,21-/m0/s1. The highest BCUT2D eigenvalue weighted by molar-refractivity contribution is 5.99. The van der Waals surface area contributed by atoms with Crippen LogP contribution in [0.25, 0.3) is 0 Å². The summed E-state index contributed by atoms with van der Waals surface area (Å²) in [6, 6.07) is 4.18. The van der Waals surface area contributed by atoms with E-state index in [4.69, 9.17) is 4.74 Å². The number of hydrogen-bond acceptors (Lipinski definition) is 7. The monoisotopic (exact) mass is 465 g/mol. The van der Waals surface area contributed by atoms with E-state index in [1.165, 1.54) is 30.6 Å². The minimum atomic E-state index is -4.71. The Hall–Kier alpha value is -2.95. The number of carbonyl (C=O) groups excluding carboxylic acids is 1. The van der Waals surface area contributed by atoms with Crippen LogP contribution in [0.1, 0.15) is 37.0 Å². The molecule has 2 atom stereocenters. The summed E-state index contributed by atoms with van der Waals surface area (Å²) >= 11 is 0. The molecule has 11 heteroatoms. The fourth-order valence-electron chi connectivity index (χ4n) is 3.70. The van der Waals surface area contributed by atoms with Gasteiger partial charge in [0.2, 0.25) is 5.95 Å². The van der Waals surface area contributed by atoms with Crippen molar-refractivity contribution in [3.8, 4) is 0 Å². The van der Waals surface area contributed by atoms with Crippen LogP contribution in [0.5, 0.6) is 0 Å². The van der Waals surface area contributed by atoms with Gasteiger partial charge in [-0.15, -0.1) is 0 Å². The van der Waals surface area contributed by atoms with E-state index >= 15 is 0 Å². The van der Waals surface area contributed by atoms with E-state index in [0.29, 0.717) is 19.1 Å². The largest absolute Gasteiger partial charge is 0.413 e. The third-order valence-corrected chi connectivity index (χ3v) is 6.07. The Morgan fingerprint density at radius 3 is 2.79 bits per heavy atom. The summed E-state index contributed by atoms with van der Waals surface area (Å²) in [6.07, 6.45) is 0.221. The van der Waals surface area contributed by atoms with Gasteiger partial charge in [-0.3, -0.25) is 19.1 Å². The Morgan fingerprint density at radius 2 is 2.15 bits per heavy atom. The number of nitrogens with zero attached hydrogens (tertiary/aromatic N) is 4. The maximum Gasteiger partial charge on any atom is 0.413 e. The molecule has 8 nitrogen and oxygen atoms in total. The van der Waals surface area contributed by atoms with Gasteiger partial charge in [0.25, 0.3) is 5.56 Å². The third-order valence-electron chi connectivity index (χ3n) is 6.07. The molecule has 2 aliphatic rings. The van der Waals surface area contributed by atoms with Crippen LogP contribution in [0.3, 0.4) is 0 Å². The third kappa shape index (κ3) is 4.87. The molecule has 4 rings (SSSR count). The minimum absolute atomic E-state index is 0.137. The lowest BCUT2D eigenvalue weighted by Crippen LogP contribution is -2.57. The summed E-state index contributed by atoms with van der Waals surface area (Å²) in [5.74, 6) is -0.0186. The predicted molar refractivity (Wildman–Crippen MR) is 115 cm³/mol. The first-order valence-corrected chi connectivity index (χ1v) is 10.8. The zero-order chi connectivity index (χ0) is 23.8. The smallest absolute Gasteiger partial charge is 0.376 e. The van der Waals surface area contributed by atoms with Crippen molar-refractivity contribution >= 4 is 17.5 Å². The normalized spacial score (nSPS) is 21.1. The summed E-state index contributed by atoms with van der Waals surface area (Å²) in [4.78, 5) is 34.4. The van der Waals surface area contributed by atoms with Gasteiger partial charge >= 0.3 is 6.18 Å². The van der Waals surface area contributed by atoms with Gasteiger partial charge < -0.3 is 15.0 Å². The van der Waals surface area contributed by atoms with Gasteiger partial charge in [0.1, 0.15) is 5.82 Å². The zero-order valence-corrected chi connectivity index (χ0v) is 18.4. The van der Waals surface area contributed by atoms with Crippen molar-refractivity contribution in [2.45, 2.75) is 51.1 Å². The molecule has 1 aliphatic carbocycles. The van der Waals surface area contributed by atoms with Crippen LogP contribution in [0.2, 0.25) is 0 Å². The Labute approximate surface area is 188 Å². The molecular weight excluding hydrogens is 439 g/mol. The van der Waals surface area contributed by atoms with E-state index in [-0.39, 0.29) is 23.4 Å². The second-order valence-electron chi connectivity index (χ2n) is 8.86. The lowest BCUT2D eigenvalue weighted by Gasteiger charge is -2.36. The molecule has 3 heterocycles. The van der Waals surface area contributed by atoms with Crippen molar-refractivity contribution in [2.75, 3.05) is 29.9 Å². The quantitative estimate of drug-likeness (QED) is 0.570. The van der Waals surface area contributed by atoms with Crippen molar-refractivity contribution in [3.05, 3.63) is 46.5 Å². The van der Waals surface area contributed by atoms with Crippen molar-refractivity contribution in [1.29, 1.82) is 0 Å². The molecule has 1 saturated carbocycles. The number of hydrogen-bond donors (Lipinski definition) is 1. The SMILES string of the molecule is C[C@@H](CNc1cc(=O)n2c(n1)N(CC(=O)c1cccnc1)[C@](C)(C(F)(F)F)C2)OCC1CC1. The van der Waals surface area contributed by atoms with Gasteiger partial charge in [0.15, 0.2) is 11.3 Å².